The van der Waals surface area contributed by atoms with Gasteiger partial charge in [-0.25, -0.2) is 0 Å². The van der Waals surface area contributed by atoms with E-state index in [0.29, 0.717) is 17.0 Å². The van der Waals surface area contributed by atoms with Crippen LogP contribution in [0.3, 0.4) is 0 Å². The van der Waals surface area contributed by atoms with E-state index in [1.165, 1.54) is 4.80 Å². The maximum Gasteiger partial charge on any atom is 0.205 e. The van der Waals surface area contributed by atoms with E-state index in [9.17, 15) is 0 Å². The molecule has 3 aromatic rings. The van der Waals surface area contributed by atoms with Crippen molar-refractivity contribution in [3.63, 3.8) is 0 Å². The van der Waals surface area contributed by atoms with Crippen LogP contribution in [0.4, 0.5) is 0 Å². The molecule has 0 unspecified atom stereocenters. The van der Waals surface area contributed by atoms with E-state index < -0.39 is 0 Å². The summed E-state index contributed by atoms with van der Waals surface area (Å²) in [5.74, 6) is 0.476. The first-order valence-electron chi connectivity index (χ1n) is 6.11. The van der Waals surface area contributed by atoms with Crippen molar-refractivity contribution in [1.82, 2.24) is 20.2 Å². The van der Waals surface area contributed by atoms with Gasteiger partial charge < -0.3 is 0 Å². The summed E-state index contributed by atoms with van der Waals surface area (Å²) in [6.07, 6.45) is 0. The normalized spacial score (nSPS) is 9.81. The van der Waals surface area contributed by atoms with Crippen molar-refractivity contribution in [2.24, 2.45) is 0 Å². The van der Waals surface area contributed by atoms with Crippen molar-refractivity contribution in [3.05, 3.63) is 59.7 Å². The van der Waals surface area contributed by atoms with E-state index in [1.54, 1.807) is 48.5 Å². The Kier molecular flexibility index (Phi) is 3.12. The van der Waals surface area contributed by atoms with Crippen LogP contribution < -0.4 is 0 Å². The molecule has 0 spiro atoms. The van der Waals surface area contributed by atoms with Crippen molar-refractivity contribution >= 4 is 0 Å². The molecule has 1 heterocycles. The van der Waals surface area contributed by atoms with E-state index >= 15 is 0 Å². The number of aromatic nitrogens is 4. The zero-order valence-electron chi connectivity index (χ0n) is 10.8. The Morgan fingerprint density at radius 1 is 0.810 bits per heavy atom. The smallest absolute Gasteiger partial charge is 0.192 e. The fraction of sp³-hybridized carbons (Fsp3) is 0. The van der Waals surface area contributed by atoms with Crippen molar-refractivity contribution in [2.75, 3.05) is 0 Å². The Hall–Kier alpha value is -3.51. The summed E-state index contributed by atoms with van der Waals surface area (Å²) in [4.78, 5) is 1.40. The molecule has 21 heavy (non-hydrogen) atoms. The van der Waals surface area contributed by atoms with Crippen LogP contribution >= 0.6 is 0 Å². The van der Waals surface area contributed by atoms with Crippen molar-refractivity contribution in [1.29, 1.82) is 10.5 Å². The van der Waals surface area contributed by atoms with Gasteiger partial charge in [-0.3, -0.25) is 0 Å². The average Bonchev–Trinajstić information content (AvgIpc) is 3.05. The molecule has 0 fully saturated rings. The SMILES string of the molecule is N#Cc1ccc(-c2nnn(-c3ccc(C#N)cc3)n2)cc1. The quantitative estimate of drug-likeness (QED) is 0.712. The van der Waals surface area contributed by atoms with Crippen molar-refractivity contribution in [2.45, 2.75) is 0 Å². The first-order chi connectivity index (χ1) is 10.3. The molecule has 0 aliphatic carbocycles. The number of hydrogen-bond donors (Lipinski definition) is 0. The van der Waals surface area contributed by atoms with Crippen LogP contribution in [0.25, 0.3) is 17.1 Å². The van der Waals surface area contributed by atoms with Crippen LogP contribution in [-0.4, -0.2) is 20.2 Å². The molecule has 6 nitrogen and oxygen atoms in total. The number of benzene rings is 2. The summed E-state index contributed by atoms with van der Waals surface area (Å²) in [5.41, 5.74) is 2.67. The Morgan fingerprint density at radius 3 is 1.95 bits per heavy atom. The van der Waals surface area contributed by atoms with E-state index in [2.05, 4.69) is 27.5 Å². The molecule has 0 bridgehead atoms. The molecule has 2 aromatic carbocycles. The lowest BCUT2D eigenvalue weighted by atomic mass is 10.1. The summed E-state index contributed by atoms with van der Waals surface area (Å²) in [7, 11) is 0. The van der Waals surface area contributed by atoms with Gasteiger partial charge in [-0.15, -0.1) is 15.0 Å². The molecule has 0 aliphatic rings. The van der Waals surface area contributed by atoms with Gasteiger partial charge in [-0.2, -0.15) is 10.5 Å². The monoisotopic (exact) mass is 272 g/mol. The number of nitrogens with zero attached hydrogens (tertiary/aromatic N) is 6. The van der Waals surface area contributed by atoms with Crippen LogP contribution in [-0.2, 0) is 0 Å². The van der Waals surface area contributed by atoms with Crippen LogP contribution in [0.2, 0.25) is 0 Å². The predicted octanol–water partition coefficient (Wildman–Crippen LogP) is 2.07. The maximum atomic E-state index is 8.77. The first kappa shape index (κ1) is 12.5. The predicted molar refractivity (Wildman–Crippen MR) is 74.0 cm³/mol. The highest BCUT2D eigenvalue weighted by molar-refractivity contribution is 5.55. The van der Waals surface area contributed by atoms with E-state index in [0.717, 1.165) is 11.3 Å². The minimum absolute atomic E-state index is 0.476. The molecular weight excluding hydrogens is 264 g/mol. The standard InChI is InChI=1S/C15H8N6/c16-9-11-1-5-13(6-2-11)15-18-20-21(19-15)14-7-3-12(10-17)4-8-14/h1-8H. The largest absolute Gasteiger partial charge is 0.205 e. The van der Waals surface area contributed by atoms with Gasteiger partial charge in [0.25, 0.3) is 0 Å². The second kappa shape index (κ2) is 5.24. The summed E-state index contributed by atoms with van der Waals surface area (Å²) >= 11 is 0. The molecule has 0 aliphatic heterocycles. The molecule has 1 aromatic heterocycles. The minimum Gasteiger partial charge on any atom is -0.192 e. The Morgan fingerprint density at radius 2 is 1.38 bits per heavy atom. The van der Waals surface area contributed by atoms with Gasteiger partial charge in [0.1, 0.15) is 0 Å². The fourth-order valence-electron chi connectivity index (χ4n) is 1.80. The number of hydrogen-bond acceptors (Lipinski definition) is 5. The van der Waals surface area contributed by atoms with Crippen molar-refractivity contribution < 1.29 is 0 Å². The van der Waals surface area contributed by atoms with E-state index in [4.69, 9.17) is 10.5 Å². The molecule has 6 heteroatoms. The first-order valence-corrected chi connectivity index (χ1v) is 6.11. The summed E-state index contributed by atoms with van der Waals surface area (Å²) in [6.45, 7) is 0. The fourth-order valence-corrected chi connectivity index (χ4v) is 1.80. The molecule has 0 atom stereocenters. The lowest BCUT2D eigenvalue weighted by Gasteiger charge is -1.97. The van der Waals surface area contributed by atoms with Gasteiger partial charge in [-0.05, 0) is 53.7 Å². The van der Waals surface area contributed by atoms with Gasteiger partial charge in [0.05, 0.1) is 29.0 Å². The number of nitriles is 2. The van der Waals surface area contributed by atoms with Gasteiger partial charge >= 0.3 is 0 Å². The molecule has 0 N–H and O–H groups in total. The Labute approximate surface area is 120 Å². The summed E-state index contributed by atoms with van der Waals surface area (Å²) in [6, 6.07) is 18.0. The third kappa shape index (κ3) is 2.46. The van der Waals surface area contributed by atoms with Crippen molar-refractivity contribution in [3.8, 4) is 29.2 Å². The van der Waals surface area contributed by atoms with Crippen LogP contribution in [0.1, 0.15) is 11.1 Å². The number of rotatable bonds is 2. The highest BCUT2D eigenvalue weighted by atomic mass is 15.6. The Bertz CT molecular complexity index is 775. The number of tetrazole rings is 1. The van der Waals surface area contributed by atoms with E-state index in [-0.39, 0.29) is 0 Å². The van der Waals surface area contributed by atoms with Gasteiger partial charge in [0, 0.05) is 5.56 Å². The summed E-state index contributed by atoms with van der Waals surface area (Å²) < 4.78 is 0. The second-order valence-corrected chi connectivity index (χ2v) is 4.25. The lowest BCUT2D eigenvalue weighted by Crippen LogP contribution is -1.98. The molecule has 98 valence electrons. The minimum atomic E-state index is 0.476. The molecule has 0 radical (unpaired) electrons. The molecular formula is C15H8N6. The third-order valence-corrected chi connectivity index (χ3v) is 2.91. The molecule has 0 saturated carbocycles. The molecule has 3 rings (SSSR count). The third-order valence-electron chi connectivity index (χ3n) is 2.91. The highest BCUT2D eigenvalue weighted by Gasteiger charge is 2.07. The highest BCUT2D eigenvalue weighted by Crippen LogP contribution is 2.15. The van der Waals surface area contributed by atoms with Crippen LogP contribution in [0.5, 0.6) is 0 Å². The van der Waals surface area contributed by atoms with E-state index in [1.807, 2.05) is 0 Å². The van der Waals surface area contributed by atoms with Crippen LogP contribution in [0.15, 0.2) is 48.5 Å². The second-order valence-electron chi connectivity index (χ2n) is 4.25. The molecule has 0 amide bonds. The summed E-state index contributed by atoms with van der Waals surface area (Å²) in [5, 5.41) is 29.8. The van der Waals surface area contributed by atoms with Gasteiger partial charge in [0.15, 0.2) is 0 Å². The zero-order valence-corrected chi connectivity index (χ0v) is 10.8. The Balaban J connectivity index is 1.92. The van der Waals surface area contributed by atoms with Gasteiger partial charge in [0.2, 0.25) is 5.82 Å². The lowest BCUT2D eigenvalue weighted by molar-refractivity contribution is 0.720. The maximum absolute atomic E-state index is 8.77. The average molecular weight is 272 g/mol. The van der Waals surface area contributed by atoms with Gasteiger partial charge in [-0.1, -0.05) is 0 Å². The molecule has 0 saturated heterocycles. The zero-order chi connectivity index (χ0) is 14.7. The van der Waals surface area contributed by atoms with Crippen LogP contribution in [0, 0.1) is 22.7 Å². The topological polar surface area (TPSA) is 91.2 Å².